The van der Waals surface area contributed by atoms with Crippen LogP contribution in [0.2, 0.25) is 0 Å². The van der Waals surface area contributed by atoms with Gasteiger partial charge in [0.2, 0.25) is 0 Å². The van der Waals surface area contributed by atoms with E-state index in [0.29, 0.717) is 0 Å². The molecule has 0 saturated heterocycles. The fraction of sp³-hybridized carbons (Fsp3) is 1.00. The van der Waals surface area contributed by atoms with Gasteiger partial charge in [-0.2, -0.15) is 0 Å². The monoisotopic (exact) mass is 176 g/mol. The minimum absolute atomic E-state index is 0.773. The van der Waals surface area contributed by atoms with Crippen LogP contribution in [-0.2, 0) is 4.74 Å². The van der Waals surface area contributed by atoms with Crippen molar-refractivity contribution in [3.63, 3.8) is 0 Å². The lowest BCUT2D eigenvalue weighted by Crippen LogP contribution is -2.61. The van der Waals surface area contributed by atoms with Gasteiger partial charge in [-0.05, 0) is 34.6 Å². The second-order valence-corrected chi connectivity index (χ2v) is 4.35. The van der Waals surface area contributed by atoms with Gasteiger partial charge in [-0.25, -0.2) is 0 Å². The van der Waals surface area contributed by atoms with Crippen molar-refractivity contribution in [2.24, 2.45) is 0 Å². The highest BCUT2D eigenvalue weighted by Crippen LogP contribution is 2.34. The van der Waals surface area contributed by atoms with Gasteiger partial charge in [0, 0.05) is 7.11 Å². The first-order valence-electron chi connectivity index (χ1n) is 4.06. The molecule has 74 valence electrons. The molecule has 0 aliphatic carbocycles. The lowest BCUT2D eigenvalue weighted by atomic mass is 9.75. The zero-order chi connectivity index (χ0) is 10.2. The molecule has 0 rings (SSSR count). The van der Waals surface area contributed by atoms with E-state index in [9.17, 15) is 10.2 Å². The Bertz CT molecular complexity index is 154. The molecular formula is C9H20O3. The van der Waals surface area contributed by atoms with Crippen LogP contribution in [0.15, 0.2) is 0 Å². The average Bonchev–Trinajstić information content (AvgIpc) is 1.85. The molecule has 2 N–H and O–H groups in total. The molecule has 0 saturated carbocycles. The van der Waals surface area contributed by atoms with Gasteiger partial charge in [0.15, 0.2) is 0 Å². The Balaban J connectivity index is 4.85. The Morgan fingerprint density at radius 3 is 1.33 bits per heavy atom. The van der Waals surface area contributed by atoms with Crippen LogP contribution in [0, 0.1) is 0 Å². The van der Waals surface area contributed by atoms with E-state index >= 15 is 0 Å². The van der Waals surface area contributed by atoms with Gasteiger partial charge >= 0.3 is 0 Å². The van der Waals surface area contributed by atoms with E-state index in [2.05, 4.69) is 0 Å². The Morgan fingerprint density at radius 2 is 1.25 bits per heavy atom. The van der Waals surface area contributed by atoms with Gasteiger partial charge < -0.3 is 14.9 Å². The molecule has 0 bridgehead atoms. The Hall–Kier alpha value is -0.120. The topological polar surface area (TPSA) is 49.7 Å². The van der Waals surface area contributed by atoms with Gasteiger partial charge in [-0.15, -0.1) is 0 Å². The molecule has 0 heterocycles. The predicted octanol–water partition coefficient (Wildman–Crippen LogP) is 0.933. The number of aliphatic hydroxyl groups is 2. The summed E-state index contributed by atoms with van der Waals surface area (Å²) in [6, 6.07) is 0. The first-order chi connectivity index (χ1) is 5.06. The van der Waals surface area contributed by atoms with Gasteiger partial charge in [0.1, 0.15) is 5.60 Å². The lowest BCUT2D eigenvalue weighted by molar-refractivity contribution is -0.221. The van der Waals surface area contributed by atoms with Crippen molar-refractivity contribution >= 4 is 0 Å². The van der Waals surface area contributed by atoms with Crippen LogP contribution < -0.4 is 0 Å². The summed E-state index contributed by atoms with van der Waals surface area (Å²) in [4.78, 5) is 0. The van der Waals surface area contributed by atoms with Crippen LogP contribution in [0.5, 0.6) is 0 Å². The molecule has 0 spiro atoms. The van der Waals surface area contributed by atoms with E-state index in [4.69, 9.17) is 4.74 Å². The third-order valence-electron chi connectivity index (χ3n) is 2.87. The number of rotatable bonds is 3. The van der Waals surface area contributed by atoms with E-state index in [1.807, 2.05) is 0 Å². The number of methoxy groups -OCH3 is 1. The third-order valence-corrected chi connectivity index (χ3v) is 2.87. The summed E-state index contributed by atoms with van der Waals surface area (Å²) in [6.45, 7) is 8.17. The molecule has 0 aliphatic heterocycles. The molecule has 0 aromatic heterocycles. The molecule has 12 heavy (non-hydrogen) atoms. The van der Waals surface area contributed by atoms with Crippen molar-refractivity contribution in [2.75, 3.05) is 7.11 Å². The second kappa shape index (κ2) is 2.98. The first-order valence-corrected chi connectivity index (χ1v) is 4.06. The maximum absolute atomic E-state index is 10.0. The van der Waals surface area contributed by atoms with Gasteiger partial charge in [0.25, 0.3) is 0 Å². The SMILES string of the molecule is COC(C)(C)C(C)(O)C(C)(C)O. The van der Waals surface area contributed by atoms with Crippen molar-refractivity contribution in [2.45, 2.75) is 51.4 Å². The Morgan fingerprint density at radius 1 is 0.917 bits per heavy atom. The molecule has 0 amide bonds. The zero-order valence-corrected chi connectivity index (χ0v) is 8.80. The lowest BCUT2D eigenvalue weighted by Gasteiger charge is -2.46. The Kier molecular flexibility index (Phi) is 2.95. The smallest absolute Gasteiger partial charge is 0.118 e. The average molecular weight is 176 g/mol. The van der Waals surface area contributed by atoms with Crippen LogP contribution in [0.1, 0.15) is 34.6 Å². The van der Waals surface area contributed by atoms with Crippen molar-refractivity contribution < 1.29 is 14.9 Å². The Labute approximate surface area is 74.4 Å². The zero-order valence-electron chi connectivity index (χ0n) is 8.80. The summed E-state index contributed by atoms with van der Waals surface area (Å²) in [5, 5.41) is 19.7. The molecule has 0 aromatic rings. The molecule has 0 radical (unpaired) electrons. The molecule has 0 aliphatic rings. The second-order valence-electron chi connectivity index (χ2n) is 4.35. The van der Waals surface area contributed by atoms with Crippen molar-refractivity contribution in [1.29, 1.82) is 0 Å². The van der Waals surface area contributed by atoms with E-state index in [-0.39, 0.29) is 0 Å². The molecule has 0 fully saturated rings. The van der Waals surface area contributed by atoms with Crippen LogP contribution in [0.4, 0.5) is 0 Å². The molecular weight excluding hydrogens is 156 g/mol. The highest BCUT2D eigenvalue weighted by atomic mass is 16.5. The number of ether oxygens (including phenoxy) is 1. The molecule has 3 heteroatoms. The largest absolute Gasteiger partial charge is 0.387 e. The predicted molar refractivity (Wildman–Crippen MR) is 48.0 cm³/mol. The van der Waals surface area contributed by atoms with Crippen LogP contribution in [0.25, 0.3) is 0 Å². The van der Waals surface area contributed by atoms with E-state index in [1.54, 1.807) is 34.6 Å². The minimum Gasteiger partial charge on any atom is -0.387 e. The molecule has 1 unspecified atom stereocenters. The maximum Gasteiger partial charge on any atom is 0.118 e. The van der Waals surface area contributed by atoms with E-state index in [1.165, 1.54) is 7.11 Å². The van der Waals surface area contributed by atoms with Gasteiger partial charge in [0.05, 0.1) is 11.2 Å². The molecule has 1 atom stereocenters. The molecule has 0 aromatic carbocycles. The summed E-state index contributed by atoms with van der Waals surface area (Å²) in [7, 11) is 1.51. The van der Waals surface area contributed by atoms with Crippen molar-refractivity contribution in [3.8, 4) is 0 Å². The third kappa shape index (κ3) is 1.79. The van der Waals surface area contributed by atoms with Gasteiger partial charge in [-0.3, -0.25) is 0 Å². The fourth-order valence-corrected chi connectivity index (χ4v) is 0.935. The van der Waals surface area contributed by atoms with Crippen LogP contribution in [0.3, 0.4) is 0 Å². The maximum atomic E-state index is 10.0. The van der Waals surface area contributed by atoms with Crippen molar-refractivity contribution in [1.82, 2.24) is 0 Å². The summed E-state index contributed by atoms with van der Waals surface area (Å²) in [6.07, 6.45) is 0. The highest BCUT2D eigenvalue weighted by molar-refractivity contribution is 5.02. The number of hydrogen-bond donors (Lipinski definition) is 2. The summed E-state index contributed by atoms with van der Waals surface area (Å²) < 4.78 is 5.12. The molecule has 3 nitrogen and oxygen atoms in total. The van der Waals surface area contributed by atoms with Crippen molar-refractivity contribution in [3.05, 3.63) is 0 Å². The standard InChI is InChI=1S/C9H20O3/c1-7(2,10)9(5,11)8(3,4)12-6/h10-11H,1-6H3. The summed E-state index contributed by atoms with van der Waals surface area (Å²) in [5.41, 5.74) is -3.24. The highest BCUT2D eigenvalue weighted by Gasteiger charge is 2.50. The summed E-state index contributed by atoms with van der Waals surface area (Å²) >= 11 is 0. The first kappa shape index (κ1) is 11.9. The fourth-order valence-electron chi connectivity index (χ4n) is 0.935. The van der Waals surface area contributed by atoms with E-state index in [0.717, 1.165) is 0 Å². The normalized spacial score (nSPS) is 19.0. The van der Waals surface area contributed by atoms with Crippen LogP contribution >= 0.6 is 0 Å². The van der Waals surface area contributed by atoms with E-state index < -0.39 is 16.8 Å². The quantitative estimate of drug-likeness (QED) is 0.672. The number of hydrogen-bond acceptors (Lipinski definition) is 3. The van der Waals surface area contributed by atoms with Gasteiger partial charge in [-0.1, -0.05) is 0 Å². The van der Waals surface area contributed by atoms with Crippen LogP contribution in [-0.4, -0.2) is 34.1 Å². The minimum atomic E-state index is -1.28. The summed E-state index contributed by atoms with van der Waals surface area (Å²) in [5.74, 6) is 0.